The molecule has 6 heteroatoms. The van der Waals surface area contributed by atoms with Crippen LogP contribution in [0.1, 0.15) is 6.42 Å². The summed E-state index contributed by atoms with van der Waals surface area (Å²) in [5.41, 5.74) is 0.421. The maximum atomic E-state index is 11.9. The minimum atomic E-state index is -0.579. The minimum Gasteiger partial charge on any atom is -0.497 e. The van der Waals surface area contributed by atoms with Crippen molar-refractivity contribution in [2.45, 2.75) is 11.7 Å². The van der Waals surface area contributed by atoms with Gasteiger partial charge in [-0.15, -0.1) is 0 Å². The van der Waals surface area contributed by atoms with Gasteiger partial charge in [0.2, 0.25) is 11.8 Å². The molecule has 1 aliphatic rings. The fourth-order valence-electron chi connectivity index (χ4n) is 1.84. The van der Waals surface area contributed by atoms with Crippen LogP contribution in [-0.4, -0.2) is 31.3 Å². The van der Waals surface area contributed by atoms with Gasteiger partial charge >= 0.3 is 0 Å². The smallest absolute Gasteiger partial charge is 0.247 e. The molecular weight excluding hydrogens is 254 g/mol. The summed E-state index contributed by atoms with van der Waals surface area (Å²) in [7, 11) is 3.01. The van der Waals surface area contributed by atoms with Gasteiger partial charge in [0.1, 0.15) is 11.5 Å². The lowest BCUT2D eigenvalue weighted by atomic mass is 10.2. The molecule has 1 fully saturated rings. The van der Waals surface area contributed by atoms with Gasteiger partial charge in [0.05, 0.1) is 25.2 Å². The van der Waals surface area contributed by atoms with Gasteiger partial charge < -0.3 is 9.47 Å². The molecule has 1 unspecified atom stereocenters. The Labute approximate surface area is 110 Å². The van der Waals surface area contributed by atoms with Gasteiger partial charge in [0.15, 0.2) is 0 Å². The zero-order valence-electron chi connectivity index (χ0n) is 10.0. The molecule has 2 amide bonds. The van der Waals surface area contributed by atoms with E-state index in [1.54, 1.807) is 18.2 Å². The molecule has 1 aliphatic heterocycles. The topological polar surface area (TPSA) is 55.8 Å². The Morgan fingerprint density at radius 2 is 2.00 bits per heavy atom. The highest BCUT2D eigenvalue weighted by molar-refractivity contribution is 7.82. The number of thiol groups is 1. The van der Waals surface area contributed by atoms with E-state index in [1.807, 2.05) is 0 Å². The van der Waals surface area contributed by atoms with Gasteiger partial charge in [0.25, 0.3) is 0 Å². The molecule has 0 radical (unpaired) electrons. The lowest BCUT2D eigenvalue weighted by Gasteiger charge is -2.18. The van der Waals surface area contributed by atoms with E-state index in [9.17, 15) is 9.59 Å². The highest BCUT2D eigenvalue weighted by Gasteiger charge is 2.38. The normalized spacial score (nSPS) is 19.3. The molecule has 18 heavy (non-hydrogen) atoms. The summed E-state index contributed by atoms with van der Waals surface area (Å²) in [6.07, 6.45) is 0.108. The fourth-order valence-corrected chi connectivity index (χ4v) is 2.11. The van der Waals surface area contributed by atoms with Gasteiger partial charge in [-0.1, -0.05) is 0 Å². The zero-order chi connectivity index (χ0) is 13.3. The van der Waals surface area contributed by atoms with Crippen LogP contribution in [0.2, 0.25) is 0 Å². The van der Waals surface area contributed by atoms with Gasteiger partial charge in [-0.3, -0.25) is 9.59 Å². The van der Waals surface area contributed by atoms with Crippen molar-refractivity contribution in [3.05, 3.63) is 18.2 Å². The van der Waals surface area contributed by atoms with Crippen LogP contribution in [0.3, 0.4) is 0 Å². The van der Waals surface area contributed by atoms with E-state index in [2.05, 4.69) is 12.6 Å². The number of amides is 2. The summed E-state index contributed by atoms with van der Waals surface area (Å²) in [6, 6.07) is 4.92. The van der Waals surface area contributed by atoms with Crippen molar-refractivity contribution >= 4 is 30.1 Å². The van der Waals surface area contributed by atoms with Crippen molar-refractivity contribution < 1.29 is 19.1 Å². The Balaban J connectivity index is 2.44. The highest BCUT2D eigenvalue weighted by Crippen LogP contribution is 2.35. The number of nitrogens with zero attached hydrogens (tertiary/aromatic N) is 1. The molecule has 0 N–H and O–H groups in total. The first-order valence-corrected chi connectivity index (χ1v) is 5.87. The second-order valence-electron chi connectivity index (χ2n) is 3.83. The molecule has 1 saturated heterocycles. The number of carbonyl (C=O) groups excluding carboxylic acids is 2. The summed E-state index contributed by atoms with van der Waals surface area (Å²) in [5.74, 6) is 0.408. The van der Waals surface area contributed by atoms with Gasteiger partial charge in [-0.25, -0.2) is 4.90 Å². The number of methoxy groups -OCH3 is 2. The number of rotatable bonds is 3. The second-order valence-corrected chi connectivity index (χ2v) is 4.45. The lowest BCUT2D eigenvalue weighted by molar-refractivity contribution is -0.121. The number of benzene rings is 1. The standard InChI is InChI=1S/C12H13NO4S/c1-16-7-3-4-8(9(5-7)17-2)13-11(14)6-10(18)12(13)15/h3-5,10,18H,6H2,1-2H3. The van der Waals surface area contributed by atoms with Crippen molar-refractivity contribution in [2.24, 2.45) is 0 Å². The number of ether oxygens (including phenoxy) is 2. The number of hydrogen-bond donors (Lipinski definition) is 1. The van der Waals surface area contributed by atoms with Crippen LogP contribution in [0.5, 0.6) is 11.5 Å². The van der Waals surface area contributed by atoms with E-state index < -0.39 is 5.25 Å². The summed E-state index contributed by atoms with van der Waals surface area (Å²) >= 11 is 4.08. The number of anilines is 1. The van der Waals surface area contributed by atoms with Crippen LogP contribution in [0.15, 0.2) is 18.2 Å². The van der Waals surface area contributed by atoms with E-state index in [-0.39, 0.29) is 18.2 Å². The molecular formula is C12H13NO4S. The molecule has 0 saturated carbocycles. The third kappa shape index (κ3) is 2.03. The quantitative estimate of drug-likeness (QED) is 0.662. The average molecular weight is 267 g/mol. The SMILES string of the molecule is COc1ccc(N2C(=O)CC(S)C2=O)c(OC)c1. The maximum Gasteiger partial charge on any atom is 0.247 e. The monoisotopic (exact) mass is 267 g/mol. The minimum absolute atomic E-state index is 0.108. The van der Waals surface area contributed by atoms with E-state index in [4.69, 9.17) is 9.47 Å². The molecule has 1 atom stereocenters. The second kappa shape index (κ2) is 4.89. The van der Waals surface area contributed by atoms with E-state index in [0.29, 0.717) is 17.2 Å². The summed E-state index contributed by atoms with van der Waals surface area (Å²) < 4.78 is 10.2. The predicted octanol–water partition coefficient (Wildman–Crippen LogP) is 1.27. The molecule has 0 bridgehead atoms. The number of hydrogen-bond acceptors (Lipinski definition) is 5. The molecule has 1 heterocycles. The largest absolute Gasteiger partial charge is 0.497 e. The van der Waals surface area contributed by atoms with Gasteiger partial charge in [0, 0.05) is 12.5 Å². The summed E-state index contributed by atoms with van der Waals surface area (Å²) in [6.45, 7) is 0. The van der Waals surface area contributed by atoms with E-state index >= 15 is 0 Å². The third-order valence-corrected chi connectivity index (χ3v) is 3.15. The first kappa shape index (κ1) is 12.8. The summed E-state index contributed by atoms with van der Waals surface area (Å²) in [5, 5.41) is -0.579. The predicted molar refractivity (Wildman–Crippen MR) is 69.4 cm³/mol. The fraction of sp³-hybridized carbons (Fsp3) is 0.333. The molecule has 0 spiro atoms. The van der Waals surface area contributed by atoms with Crippen LogP contribution in [0, 0.1) is 0 Å². The molecule has 1 aromatic rings. The molecule has 96 valence electrons. The Morgan fingerprint density at radius 3 is 2.50 bits per heavy atom. The average Bonchev–Trinajstić information content (AvgIpc) is 2.62. The van der Waals surface area contributed by atoms with E-state index in [1.165, 1.54) is 14.2 Å². The molecule has 0 aliphatic carbocycles. The van der Waals surface area contributed by atoms with Crippen LogP contribution >= 0.6 is 12.6 Å². The Kier molecular flexibility index (Phi) is 3.47. The Hall–Kier alpha value is -1.69. The van der Waals surface area contributed by atoms with Crippen molar-refractivity contribution in [2.75, 3.05) is 19.1 Å². The number of carbonyl (C=O) groups is 2. The summed E-state index contributed by atoms with van der Waals surface area (Å²) in [4.78, 5) is 24.8. The van der Waals surface area contributed by atoms with Crippen molar-refractivity contribution in [3.63, 3.8) is 0 Å². The van der Waals surface area contributed by atoms with Crippen LogP contribution in [-0.2, 0) is 9.59 Å². The van der Waals surface area contributed by atoms with Gasteiger partial charge in [-0.05, 0) is 12.1 Å². The Morgan fingerprint density at radius 1 is 1.28 bits per heavy atom. The van der Waals surface area contributed by atoms with Crippen molar-refractivity contribution in [1.82, 2.24) is 0 Å². The van der Waals surface area contributed by atoms with Crippen molar-refractivity contribution in [1.29, 1.82) is 0 Å². The first-order valence-electron chi connectivity index (χ1n) is 5.35. The molecule has 1 aromatic carbocycles. The first-order chi connectivity index (χ1) is 8.58. The zero-order valence-corrected chi connectivity index (χ0v) is 10.9. The third-order valence-electron chi connectivity index (χ3n) is 2.75. The maximum absolute atomic E-state index is 11.9. The molecule has 0 aromatic heterocycles. The van der Waals surface area contributed by atoms with Gasteiger partial charge in [-0.2, -0.15) is 12.6 Å². The van der Waals surface area contributed by atoms with Crippen LogP contribution in [0.4, 0.5) is 5.69 Å². The van der Waals surface area contributed by atoms with Crippen LogP contribution < -0.4 is 14.4 Å². The highest BCUT2D eigenvalue weighted by atomic mass is 32.1. The number of imide groups is 1. The van der Waals surface area contributed by atoms with Crippen molar-refractivity contribution in [3.8, 4) is 11.5 Å². The molecule has 5 nitrogen and oxygen atoms in total. The van der Waals surface area contributed by atoms with E-state index in [0.717, 1.165) is 4.90 Å². The Bertz CT molecular complexity index is 503. The van der Waals surface area contributed by atoms with Crippen LogP contribution in [0.25, 0.3) is 0 Å². The molecule has 2 rings (SSSR count). The lowest BCUT2D eigenvalue weighted by Crippen LogP contribution is -2.31.